The zero-order chi connectivity index (χ0) is 21.6. The minimum absolute atomic E-state index is 0.00518. The molecule has 6 heteroatoms. The Morgan fingerprint density at radius 2 is 1.58 bits per heavy atom. The number of aromatic amines is 1. The van der Waals surface area contributed by atoms with E-state index >= 15 is 0 Å². The van der Waals surface area contributed by atoms with Crippen LogP contribution in [-0.4, -0.2) is 41.5 Å². The maximum atomic E-state index is 9.50. The summed E-state index contributed by atoms with van der Waals surface area (Å²) >= 11 is 0. The van der Waals surface area contributed by atoms with Crippen LogP contribution in [0, 0.1) is 0 Å². The number of H-pyrrole nitrogens is 1. The van der Waals surface area contributed by atoms with Crippen LogP contribution in [0.4, 0.5) is 5.82 Å². The highest BCUT2D eigenvalue weighted by Crippen LogP contribution is 2.35. The lowest BCUT2D eigenvalue weighted by atomic mass is 9.97. The van der Waals surface area contributed by atoms with Crippen LogP contribution in [-0.2, 0) is 6.54 Å². The van der Waals surface area contributed by atoms with Crippen LogP contribution in [0.2, 0.25) is 0 Å². The Kier molecular flexibility index (Phi) is 6.52. The molecule has 158 valence electrons. The Hall–Kier alpha value is -3.32. The highest BCUT2D eigenvalue weighted by Gasteiger charge is 2.21. The summed E-state index contributed by atoms with van der Waals surface area (Å²) in [5.41, 5.74) is 11.7. The molecule has 0 amide bonds. The Morgan fingerprint density at radius 1 is 0.871 bits per heavy atom. The molecule has 0 unspecified atom stereocenters. The maximum absolute atomic E-state index is 9.50. The third-order valence-electron chi connectivity index (χ3n) is 5.37. The predicted molar refractivity (Wildman–Crippen MR) is 123 cm³/mol. The van der Waals surface area contributed by atoms with Crippen LogP contribution in [0.3, 0.4) is 0 Å². The van der Waals surface area contributed by atoms with Crippen molar-refractivity contribution in [3.8, 4) is 22.4 Å². The molecule has 2 aromatic heterocycles. The van der Waals surface area contributed by atoms with Gasteiger partial charge in [0.2, 0.25) is 0 Å². The van der Waals surface area contributed by atoms with E-state index in [4.69, 9.17) is 10.7 Å². The van der Waals surface area contributed by atoms with Gasteiger partial charge in [-0.15, -0.1) is 0 Å². The molecule has 31 heavy (non-hydrogen) atoms. The predicted octanol–water partition coefficient (Wildman–Crippen LogP) is 2.63. The van der Waals surface area contributed by atoms with E-state index < -0.39 is 0 Å². The second-order valence-corrected chi connectivity index (χ2v) is 7.34. The summed E-state index contributed by atoms with van der Waals surface area (Å²) in [7, 11) is 0. The van der Waals surface area contributed by atoms with Crippen molar-refractivity contribution in [1.82, 2.24) is 4.98 Å². The van der Waals surface area contributed by atoms with Crippen molar-refractivity contribution in [2.75, 3.05) is 31.2 Å². The van der Waals surface area contributed by atoms with Gasteiger partial charge in [-0.1, -0.05) is 54.6 Å². The van der Waals surface area contributed by atoms with E-state index in [0.717, 1.165) is 44.7 Å². The zero-order valence-corrected chi connectivity index (χ0v) is 17.3. The molecule has 0 aliphatic carbocycles. The second kappa shape index (κ2) is 9.66. The molecule has 0 fully saturated rings. The largest absolute Gasteiger partial charge is 0.392 e. The van der Waals surface area contributed by atoms with Gasteiger partial charge in [-0.2, -0.15) is 0 Å². The number of pyridine rings is 2. The number of aromatic nitrogens is 2. The lowest BCUT2D eigenvalue weighted by molar-refractivity contribution is -0.362. The zero-order valence-electron chi connectivity index (χ0n) is 17.3. The summed E-state index contributed by atoms with van der Waals surface area (Å²) in [6.45, 7) is 1.32. The molecule has 0 aliphatic heterocycles. The maximum Gasteiger partial charge on any atom is 0.284 e. The molecular weight excluding hydrogens is 388 g/mol. The Morgan fingerprint density at radius 3 is 2.23 bits per heavy atom. The third-order valence-corrected chi connectivity index (χ3v) is 5.37. The SMILES string of the molecule is NCc1ccc(-c2nc3cc[nH+]c(N(CCO)CCO)c3cc2-c2ccccc2)cc1. The molecule has 0 atom stereocenters. The van der Waals surface area contributed by atoms with Gasteiger partial charge in [-0.05, 0) is 17.2 Å². The number of benzene rings is 2. The lowest BCUT2D eigenvalue weighted by Crippen LogP contribution is -2.34. The molecule has 5 N–H and O–H groups in total. The fourth-order valence-electron chi connectivity index (χ4n) is 3.82. The van der Waals surface area contributed by atoms with Crippen molar-refractivity contribution in [2.24, 2.45) is 5.73 Å². The number of rotatable bonds is 8. The number of nitrogens with zero attached hydrogens (tertiary/aromatic N) is 2. The van der Waals surface area contributed by atoms with Gasteiger partial charge in [0.25, 0.3) is 5.82 Å². The number of anilines is 1. The third kappa shape index (κ3) is 4.41. The minimum Gasteiger partial charge on any atom is -0.392 e. The first-order valence-electron chi connectivity index (χ1n) is 10.4. The Bertz CT molecular complexity index is 1140. The normalized spacial score (nSPS) is 11.1. The number of hydrogen-bond donors (Lipinski definition) is 3. The molecule has 0 radical (unpaired) electrons. The van der Waals surface area contributed by atoms with E-state index in [0.29, 0.717) is 19.6 Å². The van der Waals surface area contributed by atoms with Crippen molar-refractivity contribution < 1.29 is 15.2 Å². The molecule has 0 bridgehead atoms. The summed E-state index contributed by atoms with van der Waals surface area (Å²) < 4.78 is 0. The number of aliphatic hydroxyl groups excluding tert-OH is 2. The quantitative estimate of drug-likeness (QED) is 0.411. The molecule has 4 aromatic rings. The number of nitrogens with one attached hydrogen (secondary N) is 1. The van der Waals surface area contributed by atoms with E-state index in [-0.39, 0.29) is 13.2 Å². The number of hydrogen-bond acceptors (Lipinski definition) is 5. The van der Waals surface area contributed by atoms with E-state index in [1.165, 1.54) is 0 Å². The van der Waals surface area contributed by atoms with E-state index in [1.807, 2.05) is 47.5 Å². The van der Waals surface area contributed by atoms with Crippen LogP contribution in [0.15, 0.2) is 72.9 Å². The van der Waals surface area contributed by atoms with Crippen molar-refractivity contribution >= 4 is 16.7 Å². The molecular formula is C25H27N4O2+. The summed E-state index contributed by atoms with van der Waals surface area (Å²) in [5.74, 6) is 0.829. The number of nitrogens with two attached hydrogens (primary N) is 1. The van der Waals surface area contributed by atoms with E-state index in [1.54, 1.807) is 0 Å². The van der Waals surface area contributed by atoms with Gasteiger partial charge in [0.1, 0.15) is 13.1 Å². The summed E-state index contributed by atoms with van der Waals surface area (Å²) in [5, 5.41) is 19.9. The Labute approximate surface area is 181 Å². The highest BCUT2D eigenvalue weighted by atomic mass is 16.3. The van der Waals surface area contributed by atoms with Gasteiger partial charge in [0, 0.05) is 23.7 Å². The molecule has 2 heterocycles. The van der Waals surface area contributed by atoms with Crippen molar-refractivity contribution in [2.45, 2.75) is 6.54 Å². The van der Waals surface area contributed by atoms with Crippen molar-refractivity contribution in [1.29, 1.82) is 0 Å². The van der Waals surface area contributed by atoms with Gasteiger partial charge in [0.15, 0.2) is 0 Å². The van der Waals surface area contributed by atoms with Crippen LogP contribution in [0.1, 0.15) is 5.56 Å². The lowest BCUT2D eigenvalue weighted by Gasteiger charge is -2.17. The van der Waals surface area contributed by atoms with Gasteiger partial charge in [0.05, 0.1) is 36.0 Å². The van der Waals surface area contributed by atoms with Crippen LogP contribution < -0.4 is 15.6 Å². The van der Waals surface area contributed by atoms with E-state index in [2.05, 4.69) is 35.3 Å². The fraction of sp³-hybridized carbons (Fsp3) is 0.200. The topological polar surface area (TPSA) is 96.8 Å². The molecule has 0 saturated heterocycles. The van der Waals surface area contributed by atoms with E-state index in [9.17, 15) is 10.2 Å². The summed E-state index contributed by atoms with van der Waals surface area (Å²) in [4.78, 5) is 10.3. The first-order valence-corrected chi connectivity index (χ1v) is 10.4. The average molecular weight is 416 g/mol. The molecule has 0 saturated carbocycles. The van der Waals surface area contributed by atoms with Crippen LogP contribution >= 0.6 is 0 Å². The first kappa shape index (κ1) is 20.9. The highest BCUT2D eigenvalue weighted by molar-refractivity contribution is 5.96. The monoisotopic (exact) mass is 415 g/mol. The van der Waals surface area contributed by atoms with Crippen molar-refractivity contribution in [3.05, 3.63) is 78.5 Å². The smallest absolute Gasteiger partial charge is 0.284 e. The van der Waals surface area contributed by atoms with Crippen LogP contribution in [0.5, 0.6) is 0 Å². The summed E-state index contributed by atoms with van der Waals surface area (Å²) in [6, 6.07) is 22.4. The van der Waals surface area contributed by atoms with Crippen LogP contribution in [0.25, 0.3) is 33.3 Å². The standard InChI is InChI=1S/C25H26N4O2/c26-17-18-6-8-20(9-7-18)24-21(19-4-2-1-3-5-19)16-22-23(28-24)10-11-27-25(22)29(12-14-30)13-15-31/h1-11,16,30-31H,12-15,17,26H2/p+1. The van der Waals surface area contributed by atoms with Crippen molar-refractivity contribution in [3.63, 3.8) is 0 Å². The fourth-order valence-corrected chi connectivity index (χ4v) is 3.82. The average Bonchev–Trinajstić information content (AvgIpc) is 2.83. The molecule has 6 nitrogen and oxygen atoms in total. The minimum atomic E-state index is -0.00518. The molecule has 2 aromatic carbocycles. The van der Waals surface area contributed by atoms with Gasteiger partial charge < -0.3 is 15.9 Å². The molecule has 0 spiro atoms. The van der Waals surface area contributed by atoms with Gasteiger partial charge >= 0.3 is 0 Å². The second-order valence-electron chi connectivity index (χ2n) is 7.34. The first-order chi connectivity index (χ1) is 15.2. The Balaban J connectivity index is 1.95. The number of fused-ring (bicyclic) bond motifs is 1. The molecule has 0 aliphatic rings. The molecule has 4 rings (SSSR count). The van der Waals surface area contributed by atoms with Gasteiger partial charge in [-0.25, -0.2) is 9.97 Å². The summed E-state index contributed by atoms with van der Waals surface area (Å²) in [6.07, 6.45) is 1.84. The number of aliphatic hydroxyl groups is 2. The van der Waals surface area contributed by atoms with Gasteiger partial charge in [-0.3, -0.25) is 4.90 Å².